The number of halogens is 3. The number of carbonyl (C=O) groups excluding carboxylic acids is 1. The Morgan fingerprint density at radius 3 is 2.63 bits per heavy atom. The lowest BCUT2D eigenvalue weighted by Gasteiger charge is -2.33. The van der Waals surface area contributed by atoms with Crippen LogP contribution in [0.25, 0.3) is 0 Å². The molecule has 0 aromatic carbocycles. The predicted octanol–water partition coefficient (Wildman–Crippen LogP) is 1.46. The summed E-state index contributed by atoms with van der Waals surface area (Å²) in [6.45, 7) is 0.672. The maximum atomic E-state index is 12.8. The molecule has 4 nitrogen and oxygen atoms in total. The van der Waals surface area contributed by atoms with Gasteiger partial charge < -0.3 is 15.4 Å². The minimum Gasteiger partial charge on any atom is -0.383 e. The summed E-state index contributed by atoms with van der Waals surface area (Å²) in [6.07, 6.45) is -2.20. The molecule has 0 aromatic heterocycles. The first kappa shape index (κ1) is 16.2. The van der Waals surface area contributed by atoms with Gasteiger partial charge in [0.1, 0.15) is 0 Å². The molecule has 1 fully saturated rings. The van der Waals surface area contributed by atoms with Crippen LogP contribution in [0.2, 0.25) is 0 Å². The maximum absolute atomic E-state index is 12.8. The van der Waals surface area contributed by atoms with E-state index >= 15 is 0 Å². The van der Waals surface area contributed by atoms with E-state index in [1.54, 1.807) is 0 Å². The number of nitrogens with one attached hydrogen (secondary N) is 2. The molecule has 1 saturated carbocycles. The Kier molecular flexibility index (Phi) is 6.57. The van der Waals surface area contributed by atoms with Crippen molar-refractivity contribution in [2.45, 2.75) is 37.9 Å². The zero-order valence-electron chi connectivity index (χ0n) is 11.1. The van der Waals surface area contributed by atoms with Gasteiger partial charge in [0.2, 0.25) is 5.91 Å². The Labute approximate surface area is 111 Å². The van der Waals surface area contributed by atoms with Crippen molar-refractivity contribution in [3.05, 3.63) is 0 Å². The number of hydrogen-bond donors (Lipinski definition) is 2. The van der Waals surface area contributed by atoms with Crippen molar-refractivity contribution in [1.29, 1.82) is 0 Å². The highest BCUT2D eigenvalue weighted by Gasteiger charge is 2.45. The first-order valence-electron chi connectivity index (χ1n) is 6.51. The molecule has 1 amide bonds. The lowest BCUT2D eigenvalue weighted by Crippen LogP contribution is -2.48. The highest BCUT2D eigenvalue weighted by atomic mass is 19.4. The van der Waals surface area contributed by atoms with Gasteiger partial charge in [0.15, 0.2) is 0 Å². The van der Waals surface area contributed by atoms with Gasteiger partial charge in [-0.15, -0.1) is 0 Å². The van der Waals surface area contributed by atoms with Crippen molar-refractivity contribution in [3.8, 4) is 0 Å². The van der Waals surface area contributed by atoms with Crippen LogP contribution in [0.4, 0.5) is 13.2 Å². The molecule has 2 N–H and O–H groups in total. The molecule has 7 heteroatoms. The lowest BCUT2D eigenvalue weighted by atomic mass is 9.84. The van der Waals surface area contributed by atoms with Crippen molar-refractivity contribution >= 4 is 5.91 Å². The Hall–Kier alpha value is -0.820. The van der Waals surface area contributed by atoms with Crippen LogP contribution in [0.5, 0.6) is 0 Å². The monoisotopic (exact) mass is 282 g/mol. The largest absolute Gasteiger partial charge is 0.393 e. The van der Waals surface area contributed by atoms with Crippen LogP contribution in [-0.2, 0) is 9.53 Å². The van der Waals surface area contributed by atoms with Crippen LogP contribution in [0, 0.1) is 5.92 Å². The zero-order chi connectivity index (χ0) is 14.3. The summed E-state index contributed by atoms with van der Waals surface area (Å²) in [5, 5.41) is 5.30. The molecule has 0 spiro atoms. The Morgan fingerprint density at radius 2 is 2.00 bits per heavy atom. The number of ether oxygens (including phenoxy) is 1. The van der Waals surface area contributed by atoms with E-state index in [1.165, 1.54) is 7.11 Å². The molecule has 1 rings (SSSR count). The van der Waals surface area contributed by atoms with Crippen LogP contribution >= 0.6 is 0 Å². The summed E-state index contributed by atoms with van der Waals surface area (Å²) >= 11 is 0. The number of alkyl halides is 3. The van der Waals surface area contributed by atoms with E-state index in [1.807, 2.05) is 0 Å². The SMILES string of the molecule is COCCNC(=O)CNC1CCCCC1C(F)(F)F. The number of carbonyl (C=O) groups is 1. The third-order valence-corrected chi connectivity index (χ3v) is 3.34. The van der Waals surface area contributed by atoms with E-state index in [0.717, 1.165) is 6.42 Å². The molecule has 0 aromatic rings. The van der Waals surface area contributed by atoms with Gasteiger partial charge in [0.25, 0.3) is 0 Å². The van der Waals surface area contributed by atoms with Gasteiger partial charge >= 0.3 is 6.18 Å². The average molecular weight is 282 g/mol. The highest BCUT2D eigenvalue weighted by molar-refractivity contribution is 5.77. The molecule has 112 valence electrons. The minimum absolute atomic E-state index is 0.0824. The molecular weight excluding hydrogens is 261 g/mol. The van der Waals surface area contributed by atoms with Crippen molar-refractivity contribution < 1.29 is 22.7 Å². The van der Waals surface area contributed by atoms with E-state index in [4.69, 9.17) is 4.74 Å². The summed E-state index contributed by atoms with van der Waals surface area (Å²) in [5.41, 5.74) is 0. The fraction of sp³-hybridized carbons (Fsp3) is 0.917. The molecule has 0 radical (unpaired) electrons. The van der Waals surface area contributed by atoms with Gasteiger partial charge in [0.05, 0.1) is 19.1 Å². The van der Waals surface area contributed by atoms with Gasteiger partial charge in [-0.1, -0.05) is 12.8 Å². The summed E-state index contributed by atoms with van der Waals surface area (Å²) in [6, 6.07) is -0.651. The standard InChI is InChI=1S/C12H21F3N2O2/c1-19-7-6-16-11(18)8-17-10-5-3-2-4-9(10)12(13,14)15/h9-10,17H,2-8H2,1H3,(H,16,18). The Balaban J connectivity index is 2.35. The van der Waals surface area contributed by atoms with Crippen molar-refractivity contribution in [3.63, 3.8) is 0 Å². The fourth-order valence-corrected chi connectivity index (χ4v) is 2.35. The van der Waals surface area contributed by atoms with Crippen LogP contribution in [0.15, 0.2) is 0 Å². The zero-order valence-corrected chi connectivity index (χ0v) is 11.1. The first-order valence-corrected chi connectivity index (χ1v) is 6.51. The molecular formula is C12H21F3N2O2. The molecule has 0 saturated heterocycles. The molecule has 19 heavy (non-hydrogen) atoms. The Morgan fingerprint density at radius 1 is 1.32 bits per heavy atom. The van der Waals surface area contributed by atoms with Gasteiger partial charge in [0, 0.05) is 19.7 Å². The quantitative estimate of drug-likeness (QED) is 0.725. The van der Waals surface area contributed by atoms with Crippen molar-refractivity contribution in [2.24, 2.45) is 5.92 Å². The third kappa shape index (κ3) is 5.78. The van der Waals surface area contributed by atoms with Crippen LogP contribution in [0.1, 0.15) is 25.7 Å². The number of rotatable bonds is 6. The summed E-state index contributed by atoms with van der Waals surface area (Å²) in [4.78, 5) is 11.4. The van der Waals surface area contributed by atoms with Crippen molar-refractivity contribution in [2.75, 3.05) is 26.8 Å². The van der Waals surface area contributed by atoms with Crippen molar-refractivity contribution in [1.82, 2.24) is 10.6 Å². The third-order valence-electron chi connectivity index (χ3n) is 3.34. The normalized spacial score (nSPS) is 24.2. The predicted molar refractivity (Wildman–Crippen MR) is 64.7 cm³/mol. The van der Waals surface area contributed by atoms with Crippen LogP contribution in [0.3, 0.4) is 0 Å². The molecule has 2 unspecified atom stereocenters. The minimum atomic E-state index is -4.19. The fourth-order valence-electron chi connectivity index (χ4n) is 2.35. The topological polar surface area (TPSA) is 50.4 Å². The van der Waals surface area contributed by atoms with Gasteiger partial charge in [-0.25, -0.2) is 0 Å². The second-order valence-electron chi connectivity index (χ2n) is 4.76. The van der Waals surface area contributed by atoms with E-state index in [9.17, 15) is 18.0 Å². The van der Waals surface area contributed by atoms with E-state index in [2.05, 4.69) is 10.6 Å². The van der Waals surface area contributed by atoms with Gasteiger partial charge in [-0.2, -0.15) is 13.2 Å². The number of hydrogen-bond acceptors (Lipinski definition) is 3. The number of methoxy groups -OCH3 is 1. The molecule has 0 heterocycles. The van der Waals surface area contributed by atoms with Gasteiger partial charge in [-0.3, -0.25) is 4.79 Å². The van der Waals surface area contributed by atoms with E-state index in [0.29, 0.717) is 26.0 Å². The average Bonchev–Trinajstić information content (AvgIpc) is 2.36. The molecule has 0 aliphatic heterocycles. The number of amides is 1. The molecule has 2 atom stereocenters. The summed E-state index contributed by atoms with van der Waals surface area (Å²) < 4.78 is 43.2. The first-order chi connectivity index (χ1) is 8.95. The van der Waals surface area contributed by atoms with Gasteiger partial charge in [-0.05, 0) is 12.8 Å². The molecule has 1 aliphatic rings. The summed E-state index contributed by atoms with van der Waals surface area (Å²) in [5.74, 6) is -1.64. The molecule has 0 bridgehead atoms. The van der Waals surface area contributed by atoms with Crippen LogP contribution in [-0.4, -0.2) is 44.9 Å². The maximum Gasteiger partial charge on any atom is 0.393 e. The van der Waals surface area contributed by atoms with E-state index in [-0.39, 0.29) is 18.9 Å². The Bertz CT molecular complexity index is 285. The molecule has 1 aliphatic carbocycles. The summed E-state index contributed by atoms with van der Waals surface area (Å²) in [7, 11) is 1.51. The highest BCUT2D eigenvalue weighted by Crippen LogP contribution is 2.37. The smallest absolute Gasteiger partial charge is 0.383 e. The second-order valence-corrected chi connectivity index (χ2v) is 4.76. The van der Waals surface area contributed by atoms with Crippen LogP contribution < -0.4 is 10.6 Å². The second kappa shape index (κ2) is 7.69. The lowest BCUT2D eigenvalue weighted by molar-refractivity contribution is -0.189. The van der Waals surface area contributed by atoms with E-state index < -0.39 is 18.1 Å².